The predicted octanol–water partition coefficient (Wildman–Crippen LogP) is 4.41. The predicted molar refractivity (Wildman–Crippen MR) is 81.8 cm³/mol. The third kappa shape index (κ3) is 5.52. The van der Waals surface area contributed by atoms with Crippen molar-refractivity contribution in [3.63, 3.8) is 0 Å². The van der Waals surface area contributed by atoms with Gasteiger partial charge in [0.1, 0.15) is 5.75 Å². The highest BCUT2D eigenvalue weighted by Gasteiger charge is 1.96. The summed E-state index contributed by atoms with van der Waals surface area (Å²) in [6.07, 6.45) is 1.06. The van der Waals surface area contributed by atoms with Crippen LogP contribution < -0.4 is 5.73 Å². The molecule has 0 saturated heterocycles. The molecule has 2 aromatic carbocycles. The van der Waals surface area contributed by atoms with E-state index in [1.54, 1.807) is 18.2 Å². The molecule has 0 spiro atoms. The van der Waals surface area contributed by atoms with Gasteiger partial charge in [0.05, 0.1) is 5.02 Å². The number of hydrogen-bond donors (Lipinski definition) is 2. The van der Waals surface area contributed by atoms with Crippen LogP contribution in [-0.4, -0.2) is 5.11 Å². The van der Waals surface area contributed by atoms with E-state index < -0.39 is 0 Å². The third-order valence-corrected chi connectivity index (χ3v) is 3.10. The normalized spacial score (nSPS) is 9.68. The molecular weight excluding hydrogens is 281 g/mol. The summed E-state index contributed by atoms with van der Waals surface area (Å²) in [6, 6.07) is 12.9. The largest absolute Gasteiger partial charge is 0.506 e. The first-order chi connectivity index (χ1) is 9.06. The minimum atomic E-state index is 0.0876. The quantitative estimate of drug-likeness (QED) is 0.862. The average Bonchev–Trinajstić information content (AvgIpc) is 2.42. The molecule has 0 atom stereocenters. The number of nitrogens with two attached hydrogens (primary N) is 1. The van der Waals surface area contributed by atoms with Crippen LogP contribution in [0.25, 0.3) is 0 Å². The monoisotopic (exact) mass is 297 g/mol. The van der Waals surface area contributed by atoms with Crippen LogP contribution in [0.4, 0.5) is 0 Å². The number of rotatable bonds is 2. The maximum Gasteiger partial charge on any atom is 0.134 e. The molecule has 0 aliphatic heterocycles. The topological polar surface area (TPSA) is 46.2 Å². The summed E-state index contributed by atoms with van der Waals surface area (Å²) in [6.45, 7) is 2.54. The van der Waals surface area contributed by atoms with Crippen molar-refractivity contribution in [2.75, 3.05) is 0 Å². The van der Waals surface area contributed by atoms with E-state index in [1.165, 1.54) is 5.56 Å². The molecule has 0 aliphatic rings. The Morgan fingerprint density at radius 3 is 2.26 bits per heavy atom. The molecule has 0 amide bonds. The molecular formula is C15H17Cl2NO. The summed E-state index contributed by atoms with van der Waals surface area (Å²) >= 11 is 11.3. The lowest BCUT2D eigenvalue weighted by Gasteiger charge is -1.98. The molecule has 0 radical (unpaired) electrons. The van der Waals surface area contributed by atoms with Crippen LogP contribution in [0.2, 0.25) is 10.0 Å². The van der Waals surface area contributed by atoms with Gasteiger partial charge in [-0.15, -0.1) is 0 Å². The Hall–Kier alpha value is -1.22. The Morgan fingerprint density at radius 2 is 1.79 bits per heavy atom. The maximum absolute atomic E-state index is 9.04. The zero-order valence-electron chi connectivity index (χ0n) is 10.7. The second-order valence-corrected chi connectivity index (χ2v) is 4.82. The maximum atomic E-state index is 9.04. The van der Waals surface area contributed by atoms with Gasteiger partial charge in [-0.3, -0.25) is 0 Å². The highest BCUT2D eigenvalue weighted by molar-refractivity contribution is 6.32. The molecule has 3 N–H and O–H groups in total. The van der Waals surface area contributed by atoms with Gasteiger partial charge in [-0.25, -0.2) is 0 Å². The third-order valence-electron chi connectivity index (χ3n) is 2.54. The number of phenolic OH excluding ortho intramolecular Hbond substituents is 1. The summed E-state index contributed by atoms with van der Waals surface area (Å²) < 4.78 is 0. The number of aryl methyl sites for hydroxylation is 1. The lowest BCUT2D eigenvalue weighted by atomic mass is 10.2. The van der Waals surface area contributed by atoms with Crippen molar-refractivity contribution in [3.8, 4) is 5.75 Å². The number of benzene rings is 2. The highest BCUT2D eigenvalue weighted by Crippen LogP contribution is 2.23. The highest BCUT2D eigenvalue weighted by atomic mass is 35.5. The first-order valence-corrected chi connectivity index (χ1v) is 6.74. The smallest absolute Gasteiger partial charge is 0.134 e. The summed E-state index contributed by atoms with van der Waals surface area (Å²) in [4.78, 5) is 0. The standard InChI is InChI=1S/C8H9Cl.C7H8ClNO/c1-2-7-4-3-5-8(9)6-7;8-6-2-1-5(4-9)3-7(6)10/h3-6H,2H2,1H3;1-3,10H,4,9H2. The van der Waals surface area contributed by atoms with Crippen LogP contribution in [0.5, 0.6) is 5.75 Å². The summed E-state index contributed by atoms with van der Waals surface area (Å²) in [7, 11) is 0. The Kier molecular flexibility index (Phi) is 6.71. The lowest BCUT2D eigenvalue weighted by molar-refractivity contribution is 0.475. The first-order valence-electron chi connectivity index (χ1n) is 5.98. The van der Waals surface area contributed by atoms with E-state index in [9.17, 15) is 0 Å². The van der Waals surface area contributed by atoms with Gasteiger partial charge in [-0.1, -0.05) is 48.3 Å². The van der Waals surface area contributed by atoms with Crippen molar-refractivity contribution in [3.05, 3.63) is 63.6 Å². The van der Waals surface area contributed by atoms with Crippen molar-refractivity contribution in [1.82, 2.24) is 0 Å². The lowest BCUT2D eigenvalue weighted by Crippen LogP contribution is -1.94. The number of phenols is 1. The fourth-order valence-corrected chi connectivity index (χ4v) is 1.77. The first kappa shape index (κ1) is 15.8. The van der Waals surface area contributed by atoms with Gasteiger partial charge >= 0.3 is 0 Å². The van der Waals surface area contributed by atoms with E-state index in [0.717, 1.165) is 17.0 Å². The van der Waals surface area contributed by atoms with Gasteiger partial charge in [0.2, 0.25) is 0 Å². The van der Waals surface area contributed by atoms with Crippen molar-refractivity contribution in [2.45, 2.75) is 19.9 Å². The molecule has 0 heterocycles. The Balaban J connectivity index is 0.000000191. The van der Waals surface area contributed by atoms with Gasteiger partial charge < -0.3 is 10.8 Å². The fourth-order valence-electron chi connectivity index (χ4n) is 1.44. The van der Waals surface area contributed by atoms with E-state index in [2.05, 4.69) is 13.0 Å². The molecule has 2 rings (SSSR count). The molecule has 102 valence electrons. The summed E-state index contributed by atoms with van der Waals surface area (Å²) in [5.41, 5.74) is 7.49. The van der Waals surface area contributed by atoms with Crippen LogP contribution in [0.15, 0.2) is 42.5 Å². The van der Waals surface area contributed by atoms with Gasteiger partial charge in [0, 0.05) is 11.6 Å². The van der Waals surface area contributed by atoms with E-state index >= 15 is 0 Å². The molecule has 0 unspecified atom stereocenters. The SMILES string of the molecule is CCc1cccc(Cl)c1.NCc1ccc(Cl)c(O)c1. The van der Waals surface area contributed by atoms with Crippen LogP contribution >= 0.6 is 23.2 Å². The molecule has 2 nitrogen and oxygen atoms in total. The molecule has 0 bridgehead atoms. The fraction of sp³-hybridized carbons (Fsp3) is 0.200. The average molecular weight is 298 g/mol. The van der Waals surface area contributed by atoms with Crippen LogP contribution in [0.1, 0.15) is 18.1 Å². The van der Waals surface area contributed by atoms with Crippen molar-refractivity contribution in [1.29, 1.82) is 0 Å². The van der Waals surface area contributed by atoms with E-state index in [-0.39, 0.29) is 5.75 Å². The van der Waals surface area contributed by atoms with Crippen LogP contribution in [-0.2, 0) is 13.0 Å². The number of aromatic hydroxyl groups is 1. The minimum Gasteiger partial charge on any atom is -0.506 e. The Labute approximate surface area is 123 Å². The van der Waals surface area contributed by atoms with Crippen LogP contribution in [0, 0.1) is 0 Å². The van der Waals surface area contributed by atoms with E-state index in [4.69, 9.17) is 34.0 Å². The van der Waals surface area contributed by atoms with Gasteiger partial charge in [0.15, 0.2) is 0 Å². The van der Waals surface area contributed by atoms with Crippen LogP contribution in [0.3, 0.4) is 0 Å². The molecule has 0 fully saturated rings. The summed E-state index contributed by atoms with van der Waals surface area (Å²) in [5, 5.41) is 10.2. The van der Waals surface area contributed by atoms with Crippen molar-refractivity contribution in [2.24, 2.45) is 5.73 Å². The van der Waals surface area contributed by atoms with Gasteiger partial charge in [-0.05, 0) is 41.8 Å². The van der Waals surface area contributed by atoms with Gasteiger partial charge in [0.25, 0.3) is 0 Å². The Bertz CT molecular complexity index is 529. The molecule has 2 aromatic rings. The molecule has 0 aromatic heterocycles. The molecule has 0 saturated carbocycles. The second kappa shape index (κ2) is 8.05. The van der Waals surface area contributed by atoms with Crippen molar-refractivity contribution < 1.29 is 5.11 Å². The Morgan fingerprint density at radius 1 is 1.05 bits per heavy atom. The molecule has 4 heteroatoms. The molecule has 19 heavy (non-hydrogen) atoms. The van der Waals surface area contributed by atoms with E-state index in [0.29, 0.717) is 11.6 Å². The number of hydrogen-bond acceptors (Lipinski definition) is 2. The minimum absolute atomic E-state index is 0.0876. The van der Waals surface area contributed by atoms with E-state index in [1.807, 2.05) is 18.2 Å². The molecule has 0 aliphatic carbocycles. The zero-order chi connectivity index (χ0) is 14.3. The second-order valence-electron chi connectivity index (χ2n) is 3.97. The number of halogens is 2. The van der Waals surface area contributed by atoms with Gasteiger partial charge in [-0.2, -0.15) is 0 Å². The zero-order valence-corrected chi connectivity index (χ0v) is 12.2. The van der Waals surface area contributed by atoms with Crippen molar-refractivity contribution >= 4 is 23.2 Å². The summed E-state index contributed by atoms with van der Waals surface area (Å²) in [5.74, 6) is 0.0876.